The Kier molecular flexibility index (Phi) is 4.74. The molecule has 2 heterocycles. The maximum atomic E-state index is 10.7. The summed E-state index contributed by atoms with van der Waals surface area (Å²) >= 11 is 0. The predicted molar refractivity (Wildman–Crippen MR) is 76.1 cm³/mol. The number of carbonyl (C=O) groups is 1. The second kappa shape index (κ2) is 6.52. The Balaban J connectivity index is 1.77. The van der Waals surface area contributed by atoms with Gasteiger partial charge in [-0.2, -0.15) is 0 Å². The normalized spacial score (nSPS) is 16.6. The third-order valence-electron chi connectivity index (χ3n) is 3.47. The molecule has 0 aromatic carbocycles. The molecular formula is C14H22N4O. The van der Waals surface area contributed by atoms with E-state index >= 15 is 0 Å². The maximum absolute atomic E-state index is 10.7. The van der Waals surface area contributed by atoms with Gasteiger partial charge in [-0.15, -0.1) is 0 Å². The highest BCUT2D eigenvalue weighted by atomic mass is 16.1. The van der Waals surface area contributed by atoms with E-state index in [0.29, 0.717) is 6.42 Å². The lowest BCUT2D eigenvalue weighted by Crippen LogP contribution is -2.47. The molecule has 2 rings (SSSR count). The molecule has 1 amide bonds. The number of anilines is 1. The summed E-state index contributed by atoms with van der Waals surface area (Å²) in [5.74, 6) is 0.861. The molecule has 1 fully saturated rings. The summed E-state index contributed by atoms with van der Waals surface area (Å²) in [6.45, 7) is 7.00. The zero-order valence-corrected chi connectivity index (χ0v) is 11.5. The van der Waals surface area contributed by atoms with Crippen molar-refractivity contribution in [2.45, 2.75) is 19.8 Å². The van der Waals surface area contributed by atoms with E-state index in [2.05, 4.69) is 26.9 Å². The summed E-state index contributed by atoms with van der Waals surface area (Å²) in [7, 11) is 0. The van der Waals surface area contributed by atoms with Crippen LogP contribution >= 0.6 is 0 Å². The van der Waals surface area contributed by atoms with Crippen molar-refractivity contribution in [1.82, 2.24) is 9.88 Å². The Morgan fingerprint density at radius 2 is 2.05 bits per heavy atom. The van der Waals surface area contributed by atoms with Crippen molar-refractivity contribution in [2.75, 3.05) is 37.6 Å². The molecule has 1 aliphatic heterocycles. The Morgan fingerprint density at radius 1 is 1.32 bits per heavy atom. The molecule has 1 saturated heterocycles. The van der Waals surface area contributed by atoms with Crippen molar-refractivity contribution < 1.29 is 4.79 Å². The third-order valence-corrected chi connectivity index (χ3v) is 3.47. The lowest BCUT2D eigenvalue weighted by molar-refractivity contribution is -0.118. The molecule has 5 nitrogen and oxygen atoms in total. The lowest BCUT2D eigenvalue weighted by Gasteiger charge is -2.35. The lowest BCUT2D eigenvalue weighted by atomic mass is 10.2. The first-order valence-electron chi connectivity index (χ1n) is 6.84. The van der Waals surface area contributed by atoms with Gasteiger partial charge in [0.2, 0.25) is 5.91 Å². The fourth-order valence-electron chi connectivity index (χ4n) is 2.38. The molecule has 0 radical (unpaired) electrons. The monoisotopic (exact) mass is 262 g/mol. The van der Waals surface area contributed by atoms with Gasteiger partial charge in [-0.25, -0.2) is 4.98 Å². The van der Waals surface area contributed by atoms with Gasteiger partial charge in [0.1, 0.15) is 5.82 Å². The van der Waals surface area contributed by atoms with Crippen LogP contribution in [0.1, 0.15) is 18.5 Å². The average Bonchev–Trinajstić information content (AvgIpc) is 2.39. The van der Waals surface area contributed by atoms with E-state index in [-0.39, 0.29) is 5.91 Å². The first-order valence-corrected chi connectivity index (χ1v) is 6.84. The fraction of sp³-hybridized carbons (Fsp3) is 0.571. The second-order valence-electron chi connectivity index (χ2n) is 5.04. The first kappa shape index (κ1) is 13.8. The van der Waals surface area contributed by atoms with Crippen molar-refractivity contribution in [3.05, 3.63) is 23.9 Å². The Hall–Kier alpha value is -1.62. The molecule has 0 spiro atoms. The van der Waals surface area contributed by atoms with Gasteiger partial charge in [-0.05, 0) is 32.0 Å². The van der Waals surface area contributed by atoms with Crippen molar-refractivity contribution in [1.29, 1.82) is 0 Å². The van der Waals surface area contributed by atoms with Crippen LogP contribution in [0.25, 0.3) is 0 Å². The van der Waals surface area contributed by atoms with Crippen LogP contribution in [0.5, 0.6) is 0 Å². The third kappa shape index (κ3) is 4.21. The highest BCUT2D eigenvalue weighted by Crippen LogP contribution is 2.14. The summed E-state index contributed by atoms with van der Waals surface area (Å²) in [6, 6.07) is 6.14. The number of piperazine rings is 1. The number of hydrogen-bond donors (Lipinski definition) is 1. The fourth-order valence-corrected chi connectivity index (χ4v) is 2.38. The molecule has 2 N–H and O–H groups in total. The number of carbonyl (C=O) groups excluding carboxylic acids is 1. The van der Waals surface area contributed by atoms with Crippen molar-refractivity contribution in [3.8, 4) is 0 Å². The maximum Gasteiger partial charge on any atom is 0.217 e. The van der Waals surface area contributed by atoms with Crippen LogP contribution in [0, 0.1) is 6.92 Å². The molecule has 0 bridgehead atoms. The summed E-state index contributed by atoms with van der Waals surface area (Å²) in [4.78, 5) is 20.0. The molecule has 104 valence electrons. The summed E-state index contributed by atoms with van der Waals surface area (Å²) < 4.78 is 0. The molecule has 0 atom stereocenters. The van der Waals surface area contributed by atoms with Crippen molar-refractivity contribution in [3.63, 3.8) is 0 Å². The van der Waals surface area contributed by atoms with Crippen LogP contribution in [-0.2, 0) is 4.79 Å². The Bertz CT molecular complexity index is 427. The van der Waals surface area contributed by atoms with E-state index in [0.717, 1.165) is 50.7 Å². The molecule has 1 aliphatic rings. The average molecular weight is 262 g/mol. The van der Waals surface area contributed by atoms with E-state index in [9.17, 15) is 4.79 Å². The topological polar surface area (TPSA) is 62.5 Å². The number of nitrogens with zero attached hydrogens (tertiary/aromatic N) is 3. The minimum atomic E-state index is -0.206. The van der Waals surface area contributed by atoms with Crippen molar-refractivity contribution >= 4 is 11.7 Å². The molecule has 5 heteroatoms. The minimum absolute atomic E-state index is 0.206. The SMILES string of the molecule is Cc1cccc(N2CCN(CCCC(N)=O)CC2)n1. The molecule has 0 aliphatic carbocycles. The molecule has 1 aromatic rings. The number of amides is 1. The summed E-state index contributed by atoms with van der Waals surface area (Å²) in [5.41, 5.74) is 6.20. The van der Waals surface area contributed by atoms with E-state index in [1.807, 2.05) is 13.0 Å². The first-order chi connectivity index (χ1) is 9.15. The van der Waals surface area contributed by atoms with E-state index in [1.54, 1.807) is 0 Å². The highest BCUT2D eigenvalue weighted by Gasteiger charge is 2.17. The van der Waals surface area contributed by atoms with E-state index < -0.39 is 0 Å². The van der Waals surface area contributed by atoms with E-state index in [1.165, 1.54) is 0 Å². The van der Waals surface area contributed by atoms with Gasteiger partial charge >= 0.3 is 0 Å². The smallest absolute Gasteiger partial charge is 0.217 e. The molecule has 19 heavy (non-hydrogen) atoms. The van der Waals surface area contributed by atoms with Crippen LogP contribution in [-0.4, -0.2) is 48.5 Å². The summed E-state index contributed by atoms with van der Waals surface area (Å²) in [6.07, 6.45) is 1.34. The number of aryl methyl sites for hydroxylation is 1. The quantitative estimate of drug-likeness (QED) is 0.851. The highest BCUT2D eigenvalue weighted by molar-refractivity contribution is 5.73. The number of rotatable bonds is 5. The van der Waals surface area contributed by atoms with Gasteiger partial charge in [-0.1, -0.05) is 6.07 Å². The molecule has 0 unspecified atom stereocenters. The molecule has 1 aromatic heterocycles. The Labute approximate surface area is 114 Å². The van der Waals surface area contributed by atoms with Gasteiger partial charge in [0.15, 0.2) is 0 Å². The predicted octanol–water partition coefficient (Wildman–Crippen LogP) is 0.778. The number of primary amides is 1. The number of nitrogens with two attached hydrogens (primary N) is 1. The van der Waals surface area contributed by atoms with Crippen LogP contribution in [0.2, 0.25) is 0 Å². The zero-order valence-electron chi connectivity index (χ0n) is 11.5. The van der Waals surface area contributed by atoms with Gasteiger partial charge in [-0.3, -0.25) is 9.69 Å². The second-order valence-corrected chi connectivity index (χ2v) is 5.04. The number of aromatic nitrogens is 1. The molecule has 0 saturated carbocycles. The van der Waals surface area contributed by atoms with E-state index in [4.69, 9.17) is 5.73 Å². The number of hydrogen-bond acceptors (Lipinski definition) is 4. The molecular weight excluding hydrogens is 240 g/mol. The zero-order chi connectivity index (χ0) is 13.7. The standard InChI is InChI=1S/C14H22N4O/c1-12-4-2-6-14(16-12)18-10-8-17(9-11-18)7-3-5-13(15)19/h2,4,6H,3,5,7-11H2,1H3,(H2,15,19). The minimum Gasteiger partial charge on any atom is -0.370 e. The van der Waals surface area contributed by atoms with Crippen molar-refractivity contribution in [2.24, 2.45) is 5.73 Å². The Morgan fingerprint density at radius 3 is 2.68 bits per heavy atom. The van der Waals surface area contributed by atoms with Crippen LogP contribution in [0.15, 0.2) is 18.2 Å². The number of pyridine rings is 1. The van der Waals surface area contributed by atoms with Gasteiger partial charge < -0.3 is 10.6 Å². The van der Waals surface area contributed by atoms with Gasteiger partial charge in [0, 0.05) is 38.3 Å². The van der Waals surface area contributed by atoms with Crippen LogP contribution in [0.4, 0.5) is 5.82 Å². The van der Waals surface area contributed by atoms with Crippen LogP contribution < -0.4 is 10.6 Å². The van der Waals surface area contributed by atoms with Gasteiger partial charge in [0.05, 0.1) is 0 Å². The van der Waals surface area contributed by atoms with Gasteiger partial charge in [0.25, 0.3) is 0 Å². The summed E-state index contributed by atoms with van der Waals surface area (Å²) in [5, 5.41) is 0. The largest absolute Gasteiger partial charge is 0.370 e. The van der Waals surface area contributed by atoms with Crippen LogP contribution in [0.3, 0.4) is 0 Å².